The van der Waals surface area contributed by atoms with Crippen LogP contribution >= 0.6 is 11.6 Å². The van der Waals surface area contributed by atoms with Crippen molar-refractivity contribution in [2.45, 2.75) is 32.8 Å². The summed E-state index contributed by atoms with van der Waals surface area (Å²) in [4.78, 5) is 14.7. The van der Waals surface area contributed by atoms with Gasteiger partial charge in [-0.3, -0.25) is 0 Å². The van der Waals surface area contributed by atoms with E-state index in [4.69, 9.17) is 16.3 Å². The SMILES string of the molecule is CC(C)(C)OC(=O)NCCc1c[nH]c2ccc(Cl)cc12. The molecule has 1 aromatic carbocycles. The van der Waals surface area contributed by atoms with Crippen molar-refractivity contribution in [2.75, 3.05) is 6.54 Å². The van der Waals surface area contributed by atoms with Gasteiger partial charge in [0.05, 0.1) is 0 Å². The molecule has 108 valence electrons. The number of hydrogen-bond donors (Lipinski definition) is 2. The molecule has 0 aliphatic heterocycles. The van der Waals surface area contributed by atoms with Crippen molar-refractivity contribution in [1.82, 2.24) is 10.3 Å². The van der Waals surface area contributed by atoms with Crippen LogP contribution in [0.25, 0.3) is 10.9 Å². The van der Waals surface area contributed by atoms with Crippen LogP contribution in [0, 0.1) is 0 Å². The fourth-order valence-electron chi connectivity index (χ4n) is 1.97. The summed E-state index contributed by atoms with van der Waals surface area (Å²) < 4.78 is 5.18. The average Bonchev–Trinajstić information content (AvgIpc) is 2.69. The third kappa shape index (κ3) is 3.90. The molecule has 0 saturated heterocycles. The molecule has 1 aromatic heterocycles. The lowest BCUT2D eigenvalue weighted by atomic mass is 10.1. The van der Waals surface area contributed by atoms with Crippen molar-refractivity contribution in [3.8, 4) is 0 Å². The predicted molar refractivity (Wildman–Crippen MR) is 81.2 cm³/mol. The first-order chi connectivity index (χ1) is 9.35. The summed E-state index contributed by atoms with van der Waals surface area (Å²) in [7, 11) is 0. The second kappa shape index (κ2) is 5.75. The Balaban J connectivity index is 1.93. The number of rotatable bonds is 3. The summed E-state index contributed by atoms with van der Waals surface area (Å²) in [6.07, 6.45) is 2.27. The van der Waals surface area contributed by atoms with Crippen LogP contribution < -0.4 is 5.32 Å². The molecular weight excluding hydrogens is 276 g/mol. The molecule has 0 aliphatic carbocycles. The molecule has 0 bridgehead atoms. The maximum atomic E-state index is 11.5. The van der Waals surface area contributed by atoms with Gasteiger partial charge >= 0.3 is 6.09 Å². The number of ether oxygens (including phenoxy) is 1. The van der Waals surface area contributed by atoms with E-state index in [9.17, 15) is 4.79 Å². The normalized spacial score (nSPS) is 11.6. The highest BCUT2D eigenvalue weighted by molar-refractivity contribution is 6.31. The van der Waals surface area contributed by atoms with Crippen LogP contribution in [0.5, 0.6) is 0 Å². The third-order valence-corrected chi connectivity index (χ3v) is 3.03. The highest BCUT2D eigenvalue weighted by Crippen LogP contribution is 2.22. The van der Waals surface area contributed by atoms with Gasteiger partial charge in [-0.2, -0.15) is 0 Å². The fourth-order valence-corrected chi connectivity index (χ4v) is 2.14. The minimum Gasteiger partial charge on any atom is -0.444 e. The van der Waals surface area contributed by atoms with E-state index in [1.54, 1.807) is 0 Å². The van der Waals surface area contributed by atoms with Gasteiger partial charge in [0.2, 0.25) is 0 Å². The van der Waals surface area contributed by atoms with Crippen LogP contribution in [0.1, 0.15) is 26.3 Å². The molecule has 0 atom stereocenters. The number of halogens is 1. The van der Waals surface area contributed by atoms with Crippen LogP contribution in [0.15, 0.2) is 24.4 Å². The van der Waals surface area contributed by atoms with Crippen molar-refractivity contribution < 1.29 is 9.53 Å². The largest absolute Gasteiger partial charge is 0.444 e. The molecule has 2 N–H and O–H groups in total. The van der Waals surface area contributed by atoms with Crippen molar-refractivity contribution in [3.63, 3.8) is 0 Å². The summed E-state index contributed by atoms with van der Waals surface area (Å²) in [6, 6.07) is 5.72. The van der Waals surface area contributed by atoms with Gasteiger partial charge in [-0.15, -0.1) is 0 Å². The van der Waals surface area contributed by atoms with Crippen molar-refractivity contribution in [1.29, 1.82) is 0 Å². The Bertz CT molecular complexity index is 614. The summed E-state index contributed by atoms with van der Waals surface area (Å²) in [6.45, 7) is 6.05. The van der Waals surface area contributed by atoms with Crippen LogP contribution in [0.3, 0.4) is 0 Å². The molecule has 20 heavy (non-hydrogen) atoms. The Kier molecular flexibility index (Phi) is 4.23. The van der Waals surface area contributed by atoms with Crippen LogP contribution in [-0.2, 0) is 11.2 Å². The maximum absolute atomic E-state index is 11.5. The Morgan fingerprint density at radius 1 is 1.40 bits per heavy atom. The first-order valence-corrected chi connectivity index (χ1v) is 6.95. The van der Waals surface area contributed by atoms with Gasteiger partial charge in [0.1, 0.15) is 5.60 Å². The van der Waals surface area contributed by atoms with Gasteiger partial charge in [-0.25, -0.2) is 4.79 Å². The number of fused-ring (bicyclic) bond motifs is 1. The summed E-state index contributed by atoms with van der Waals surface area (Å²) in [5, 5.41) is 4.54. The van der Waals surface area contributed by atoms with E-state index < -0.39 is 11.7 Å². The molecule has 0 unspecified atom stereocenters. The zero-order valence-corrected chi connectivity index (χ0v) is 12.7. The van der Waals surface area contributed by atoms with Gasteiger partial charge in [0, 0.05) is 28.7 Å². The number of H-pyrrole nitrogens is 1. The average molecular weight is 295 g/mol. The number of carbonyl (C=O) groups excluding carboxylic acids is 1. The number of carbonyl (C=O) groups is 1. The van der Waals surface area contributed by atoms with Crippen LogP contribution in [-0.4, -0.2) is 23.2 Å². The van der Waals surface area contributed by atoms with E-state index in [1.165, 1.54) is 0 Å². The zero-order chi connectivity index (χ0) is 14.8. The summed E-state index contributed by atoms with van der Waals surface area (Å²) in [5.41, 5.74) is 1.69. The number of alkyl carbamates (subject to hydrolysis) is 1. The summed E-state index contributed by atoms with van der Waals surface area (Å²) >= 11 is 6.00. The van der Waals surface area contributed by atoms with Crippen LogP contribution in [0.4, 0.5) is 4.79 Å². The maximum Gasteiger partial charge on any atom is 0.407 e. The molecule has 2 aromatic rings. The smallest absolute Gasteiger partial charge is 0.407 e. The number of amides is 1. The highest BCUT2D eigenvalue weighted by atomic mass is 35.5. The quantitative estimate of drug-likeness (QED) is 0.902. The molecule has 0 radical (unpaired) electrons. The molecule has 0 fully saturated rings. The van der Waals surface area contributed by atoms with Gasteiger partial charge in [-0.1, -0.05) is 11.6 Å². The topological polar surface area (TPSA) is 54.1 Å². The van der Waals surface area contributed by atoms with Crippen molar-refractivity contribution in [2.24, 2.45) is 0 Å². The Morgan fingerprint density at radius 2 is 2.15 bits per heavy atom. The number of benzene rings is 1. The molecule has 4 nitrogen and oxygen atoms in total. The molecule has 1 heterocycles. The van der Waals surface area contributed by atoms with Gasteiger partial charge in [0.25, 0.3) is 0 Å². The monoisotopic (exact) mass is 294 g/mol. The molecule has 2 rings (SSSR count). The Labute approximate surface area is 123 Å². The second-order valence-electron chi connectivity index (χ2n) is 5.68. The van der Waals surface area contributed by atoms with Crippen molar-refractivity contribution >= 4 is 28.6 Å². The molecule has 1 amide bonds. The molecular formula is C15H19ClN2O2. The lowest BCUT2D eigenvalue weighted by Gasteiger charge is -2.19. The van der Waals surface area contributed by atoms with E-state index in [1.807, 2.05) is 45.2 Å². The zero-order valence-electron chi connectivity index (χ0n) is 11.9. The standard InChI is InChI=1S/C15H19ClN2O2/c1-15(2,3)20-14(19)17-7-6-10-9-18-13-5-4-11(16)8-12(10)13/h4-5,8-9,18H,6-7H2,1-3H3,(H,17,19). The second-order valence-corrected chi connectivity index (χ2v) is 6.12. The number of hydrogen-bond acceptors (Lipinski definition) is 2. The molecule has 0 aliphatic rings. The van der Waals surface area contributed by atoms with E-state index in [-0.39, 0.29) is 0 Å². The van der Waals surface area contributed by atoms with Crippen molar-refractivity contribution in [3.05, 3.63) is 35.0 Å². The van der Waals surface area contributed by atoms with E-state index in [2.05, 4.69) is 10.3 Å². The third-order valence-electron chi connectivity index (χ3n) is 2.79. The predicted octanol–water partition coefficient (Wildman–Crippen LogP) is 3.89. The lowest BCUT2D eigenvalue weighted by Crippen LogP contribution is -2.33. The summed E-state index contributed by atoms with van der Waals surface area (Å²) in [5.74, 6) is 0. The first-order valence-electron chi connectivity index (χ1n) is 6.57. The Hall–Kier alpha value is -1.68. The van der Waals surface area contributed by atoms with Gasteiger partial charge in [-0.05, 0) is 51.0 Å². The first kappa shape index (κ1) is 14.7. The lowest BCUT2D eigenvalue weighted by molar-refractivity contribution is 0.0528. The Morgan fingerprint density at radius 3 is 2.85 bits per heavy atom. The number of nitrogens with one attached hydrogen (secondary N) is 2. The minimum atomic E-state index is -0.474. The number of aromatic nitrogens is 1. The van der Waals surface area contributed by atoms with E-state index in [0.717, 1.165) is 22.9 Å². The molecule has 0 saturated carbocycles. The van der Waals surface area contributed by atoms with E-state index in [0.29, 0.717) is 11.6 Å². The fraction of sp³-hybridized carbons (Fsp3) is 0.400. The van der Waals surface area contributed by atoms with E-state index >= 15 is 0 Å². The molecule has 5 heteroatoms. The van der Waals surface area contributed by atoms with Gasteiger partial charge in [0.15, 0.2) is 0 Å². The minimum absolute atomic E-state index is 0.393. The highest BCUT2D eigenvalue weighted by Gasteiger charge is 2.15. The van der Waals surface area contributed by atoms with Gasteiger partial charge < -0.3 is 15.0 Å². The molecule has 0 spiro atoms. The number of aromatic amines is 1. The van der Waals surface area contributed by atoms with Crippen LogP contribution in [0.2, 0.25) is 5.02 Å².